The zero-order valence-electron chi connectivity index (χ0n) is 12.9. The number of anilines is 1. The third-order valence-electron chi connectivity index (χ3n) is 4.31. The molecule has 2 aromatic carbocycles. The van der Waals surface area contributed by atoms with Gasteiger partial charge in [0.15, 0.2) is 0 Å². The van der Waals surface area contributed by atoms with Crippen molar-refractivity contribution in [1.29, 1.82) is 0 Å². The van der Waals surface area contributed by atoms with Gasteiger partial charge in [-0.05, 0) is 29.5 Å². The van der Waals surface area contributed by atoms with Crippen LogP contribution in [-0.2, 0) is 6.42 Å². The average molecular weight is 277 g/mol. The molecule has 1 nitrogen and oxygen atoms in total. The van der Waals surface area contributed by atoms with Crippen molar-refractivity contribution in [2.24, 2.45) is 5.92 Å². The normalized spacial score (nSPS) is 17.7. The predicted octanol–water partition coefficient (Wildman–Crippen LogP) is 4.79. The van der Waals surface area contributed by atoms with Gasteiger partial charge in [0.1, 0.15) is 0 Å². The van der Waals surface area contributed by atoms with Gasteiger partial charge in [-0.3, -0.25) is 0 Å². The van der Waals surface area contributed by atoms with Crippen LogP contribution in [0.1, 0.15) is 25.0 Å². The monoisotopic (exact) mass is 277 g/mol. The Morgan fingerprint density at radius 2 is 1.76 bits per heavy atom. The average Bonchev–Trinajstić information content (AvgIpc) is 2.88. The molecule has 1 heteroatoms. The number of rotatable bonds is 4. The van der Waals surface area contributed by atoms with Crippen LogP contribution in [0.4, 0.5) is 5.69 Å². The molecule has 0 N–H and O–H groups in total. The smallest absolute Gasteiger partial charge is 0.0405 e. The minimum atomic E-state index is 0.614. The van der Waals surface area contributed by atoms with E-state index in [1.54, 1.807) is 0 Å². The molecule has 0 aromatic heterocycles. The molecule has 1 aliphatic heterocycles. The first-order valence-corrected chi connectivity index (χ1v) is 7.82. The second-order valence-electron chi connectivity index (χ2n) is 6.11. The summed E-state index contributed by atoms with van der Waals surface area (Å²) in [6.45, 7) is 5.63. The Bertz CT molecular complexity index is 613. The first-order chi connectivity index (χ1) is 10.3. The van der Waals surface area contributed by atoms with Gasteiger partial charge in [0, 0.05) is 18.3 Å². The number of fused-ring (bicyclic) bond motifs is 1. The summed E-state index contributed by atoms with van der Waals surface area (Å²) in [5.74, 6) is 0.669. The molecule has 0 bridgehead atoms. The number of para-hydroxylation sites is 1. The van der Waals surface area contributed by atoms with Crippen molar-refractivity contribution in [2.45, 2.75) is 26.3 Å². The van der Waals surface area contributed by atoms with Gasteiger partial charge in [-0.1, -0.05) is 74.5 Å². The second-order valence-corrected chi connectivity index (χ2v) is 6.11. The molecule has 0 spiro atoms. The van der Waals surface area contributed by atoms with Gasteiger partial charge in [0.2, 0.25) is 0 Å². The van der Waals surface area contributed by atoms with Gasteiger partial charge in [-0.25, -0.2) is 0 Å². The molecule has 2 aromatic rings. The molecule has 0 unspecified atom stereocenters. The molecule has 1 heterocycles. The van der Waals surface area contributed by atoms with Crippen LogP contribution < -0.4 is 4.90 Å². The van der Waals surface area contributed by atoms with Crippen LogP contribution in [0.15, 0.2) is 60.7 Å². The summed E-state index contributed by atoms with van der Waals surface area (Å²) < 4.78 is 0. The molecule has 0 saturated carbocycles. The summed E-state index contributed by atoms with van der Waals surface area (Å²) in [5, 5.41) is 0. The molecule has 3 rings (SSSR count). The molecule has 0 fully saturated rings. The van der Waals surface area contributed by atoms with E-state index in [-0.39, 0.29) is 0 Å². The fourth-order valence-electron chi connectivity index (χ4n) is 3.17. The van der Waals surface area contributed by atoms with Crippen LogP contribution in [0.2, 0.25) is 0 Å². The van der Waals surface area contributed by atoms with Crippen molar-refractivity contribution in [3.63, 3.8) is 0 Å². The Morgan fingerprint density at radius 1 is 1.05 bits per heavy atom. The lowest BCUT2D eigenvalue weighted by atomic mass is 10.00. The highest BCUT2D eigenvalue weighted by Crippen LogP contribution is 2.34. The minimum Gasteiger partial charge on any atom is -0.364 e. The fraction of sp³-hybridized carbons (Fsp3) is 0.300. The number of hydrogen-bond acceptors (Lipinski definition) is 1. The largest absolute Gasteiger partial charge is 0.364 e. The molecular formula is C20H23N. The Hall–Kier alpha value is -2.02. The van der Waals surface area contributed by atoms with Crippen molar-refractivity contribution in [1.82, 2.24) is 0 Å². The predicted molar refractivity (Wildman–Crippen MR) is 91.6 cm³/mol. The van der Waals surface area contributed by atoms with E-state index in [0.29, 0.717) is 12.0 Å². The summed E-state index contributed by atoms with van der Waals surface area (Å²) in [7, 11) is 0. The molecule has 21 heavy (non-hydrogen) atoms. The summed E-state index contributed by atoms with van der Waals surface area (Å²) in [6.07, 6.45) is 5.68. The molecule has 0 saturated heterocycles. The Labute approximate surface area is 127 Å². The summed E-state index contributed by atoms with van der Waals surface area (Å²) in [6, 6.07) is 20.0. The molecule has 0 radical (unpaired) electrons. The van der Waals surface area contributed by atoms with Gasteiger partial charge in [-0.2, -0.15) is 0 Å². The van der Waals surface area contributed by atoms with E-state index in [2.05, 4.69) is 85.5 Å². The van der Waals surface area contributed by atoms with E-state index in [1.807, 2.05) is 0 Å². The Kier molecular flexibility index (Phi) is 4.10. The van der Waals surface area contributed by atoms with Crippen molar-refractivity contribution < 1.29 is 0 Å². The van der Waals surface area contributed by atoms with Gasteiger partial charge < -0.3 is 4.90 Å². The number of benzene rings is 2. The first kappa shape index (κ1) is 13.9. The molecule has 0 aliphatic carbocycles. The van der Waals surface area contributed by atoms with Crippen LogP contribution in [0.25, 0.3) is 6.08 Å². The number of hydrogen-bond donors (Lipinski definition) is 0. The lowest BCUT2D eigenvalue weighted by Crippen LogP contribution is -2.36. The molecule has 0 amide bonds. The van der Waals surface area contributed by atoms with E-state index in [4.69, 9.17) is 0 Å². The van der Waals surface area contributed by atoms with Gasteiger partial charge in [0.05, 0.1) is 0 Å². The summed E-state index contributed by atoms with van der Waals surface area (Å²) in [5.41, 5.74) is 4.17. The molecular weight excluding hydrogens is 254 g/mol. The van der Waals surface area contributed by atoms with E-state index >= 15 is 0 Å². The molecule has 1 atom stereocenters. The highest BCUT2D eigenvalue weighted by atomic mass is 15.2. The zero-order valence-corrected chi connectivity index (χ0v) is 12.9. The lowest BCUT2D eigenvalue weighted by Gasteiger charge is -2.29. The van der Waals surface area contributed by atoms with Crippen LogP contribution >= 0.6 is 0 Å². The maximum atomic E-state index is 2.55. The van der Waals surface area contributed by atoms with Gasteiger partial charge in [0.25, 0.3) is 0 Å². The van der Waals surface area contributed by atoms with Crippen molar-refractivity contribution in [3.05, 3.63) is 71.8 Å². The minimum absolute atomic E-state index is 0.614. The third kappa shape index (κ3) is 3.02. The molecule has 1 aliphatic rings. The SMILES string of the molecule is CC(C)[C@H]1Cc2ccccc2N1C/C=C/c1ccccc1. The van der Waals surface area contributed by atoms with Crippen molar-refractivity contribution in [3.8, 4) is 0 Å². The lowest BCUT2D eigenvalue weighted by molar-refractivity contribution is 0.482. The van der Waals surface area contributed by atoms with Crippen LogP contribution in [0.3, 0.4) is 0 Å². The van der Waals surface area contributed by atoms with Crippen LogP contribution in [-0.4, -0.2) is 12.6 Å². The quantitative estimate of drug-likeness (QED) is 0.777. The van der Waals surface area contributed by atoms with Crippen molar-refractivity contribution in [2.75, 3.05) is 11.4 Å². The Morgan fingerprint density at radius 3 is 2.52 bits per heavy atom. The van der Waals surface area contributed by atoms with E-state index < -0.39 is 0 Å². The van der Waals surface area contributed by atoms with Gasteiger partial charge in [-0.15, -0.1) is 0 Å². The van der Waals surface area contributed by atoms with Crippen LogP contribution in [0.5, 0.6) is 0 Å². The second kappa shape index (κ2) is 6.17. The highest BCUT2D eigenvalue weighted by Gasteiger charge is 2.29. The van der Waals surface area contributed by atoms with Gasteiger partial charge >= 0.3 is 0 Å². The molecule has 108 valence electrons. The standard InChI is InChI=1S/C20H23N/c1-16(2)20-15-18-12-6-7-13-19(18)21(20)14-8-11-17-9-4-3-5-10-17/h3-13,16,20H,14-15H2,1-2H3/b11-8+/t20-/m1/s1. The maximum Gasteiger partial charge on any atom is 0.0405 e. The zero-order chi connectivity index (χ0) is 14.7. The summed E-state index contributed by atoms with van der Waals surface area (Å²) >= 11 is 0. The van der Waals surface area contributed by atoms with Crippen molar-refractivity contribution >= 4 is 11.8 Å². The topological polar surface area (TPSA) is 3.24 Å². The number of nitrogens with zero attached hydrogens (tertiary/aromatic N) is 1. The maximum absolute atomic E-state index is 2.55. The Balaban J connectivity index is 1.77. The first-order valence-electron chi connectivity index (χ1n) is 7.82. The summed E-state index contributed by atoms with van der Waals surface area (Å²) in [4.78, 5) is 2.55. The highest BCUT2D eigenvalue weighted by molar-refractivity contribution is 5.61. The third-order valence-corrected chi connectivity index (χ3v) is 4.31. The van der Waals surface area contributed by atoms with E-state index in [9.17, 15) is 0 Å². The van der Waals surface area contributed by atoms with E-state index in [1.165, 1.54) is 23.2 Å². The van der Waals surface area contributed by atoms with E-state index in [0.717, 1.165) is 6.54 Å². The fourth-order valence-corrected chi connectivity index (χ4v) is 3.17. The van der Waals surface area contributed by atoms with Crippen LogP contribution in [0, 0.1) is 5.92 Å².